The maximum absolute atomic E-state index is 11.0. The molecule has 2 rings (SSSR count). The van der Waals surface area contributed by atoms with Crippen molar-refractivity contribution in [3.63, 3.8) is 0 Å². The Morgan fingerprint density at radius 1 is 1.53 bits per heavy atom. The van der Waals surface area contributed by atoms with Crippen LogP contribution in [0, 0.1) is 0 Å². The minimum Gasteiger partial charge on any atom is -0.493 e. The van der Waals surface area contributed by atoms with Gasteiger partial charge in [0.05, 0.1) is 13.2 Å². The maximum atomic E-state index is 11.0. The number of likely N-dealkylation sites (tertiary alicyclic amines) is 1. The van der Waals surface area contributed by atoms with E-state index in [9.17, 15) is 4.79 Å². The second-order valence-corrected chi connectivity index (χ2v) is 5.29. The predicted octanol–water partition coefficient (Wildman–Crippen LogP) is 2.98. The topological polar surface area (TPSA) is 59.0 Å². The van der Waals surface area contributed by atoms with Gasteiger partial charge in [0.1, 0.15) is 6.61 Å². The molecule has 1 heterocycles. The van der Waals surface area contributed by atoms with Gasteiger partial charge in [-0.15, -0.1) is 0 Å². The van der Waals surface area contributed by atoms with Crippen molar-refractivity contribution in [2.24, 2.45) is 0 Å². The van der Waals surface area contributed by atoms with Crippen LogP contribution in [0.1, 0.15) is 12.8 Å². The zero-order valence-electron chi connectivity index (χ0n) is 10.6. The van der Waals surface area contributed by atoms with Crippen molar-refractivity contribution in [1.29, 1.82) is 0 Å². The van der Waals surface area contributed by atoms with Crippen LogP contribution in [0.4, 0.5) is 4.79 Å². The van der Waals surface area contributed by atoms with Gasteiger partial charge in [-0.2, -0.15) is 0 Å². The molecule has 0 unspecified atom stereocenters. The summed E-state index contributed by atoms with van der Waals surface area (Å²) in [4.78, 5) is 12.5. The summed E-state index contributed by atoms with van der Waals surface area (Å²) in [5.74, 6) is 1.26. The molecule has 1 aromatic carbocycles. The van der Waals surface area contributed by atoms with Crippen molar-refractivity contribution < 1.29 is 19.4 Å². The number of ether oxygens (including phenoxy) is 2. The van der Waals surface area contributed by atoms with Crippen LogP contribution in [0.15, 0.2) is 22.7 Å². The minimum absolute atomic E-state index is 0.0779. The number of amides is 1. The number of hydrogen-bond donors (Lipinski definition) is 1. The van der Waals surface area contributed by atoms with E-state index in [0.29, 0.717) is 24.7 Å². The van der Waals surface area contributed by atoms with Crippen molar-refractivity contribution in [1.82, 2.24) is 4.90 Å². The van der Waals surface area contributed by atoms with Crippen LogP contribution in [-0.4, -0.2) is 42.4 Å². The largest absolute Gasteiger partial charge is 0.493 e. The van der Waals surface area contributed by atoms with E-state index >= 15 is 0 Å². The summed E-state index contributed by atoms with van der Waals surface area (Å²) in [6.07, 6.45) is 0.844. The first kappa shape index (κ1) is 14.0. The van der Waals surface area contributed by atoms with Crippen molar-refractivity contribution in [3.8, 4) is 11.5 Å². The normalized spacial score (nSPS) is 18.4. The predicted molar refractivity (Wildman–Crippen MR) is 73.9 cm³/mol. The van der Waals surface area contributed by atoms with E-state index in [2.05, 4.69) is 15.9 Å². The Bertz CT molecular complexity index is 466. The Hall–Kier alpha value is -1.43. The van der Waals surface area contributed by atoms with Gasteiger partial charge in [0, 0.05) is 11.0 Å². The molecule has 1 N–H and O–H groups in total. The number of benzene rings is 1. The van der Waals surface area contributed by atoms with E-state index in [1.54, 1.807) is 7.11 Å². The smallest absolute Gasteiger partial charge is 0.407 e. The Kier molecular flexibility index (Phi) is 4.52. The monoisotopic (exact) mass is 329 g/mol. The Balaban J connectivity index is 2.00. The molecule has 0 spiro atoms. The Labute approximate surface area is 120 Å². The highest BCUT2D eigenvalue weighted by atomic mass is 79.9. The molecule has 0 saturated carbocycles. The molecule has 0 radical (unpaired) electrons. The Morgan fingerprint density at radius 2 is 2.32 bits per heavy atom. The molecular formula is C13H16BrNO4. The van der Waals surface area contributed by atoms with Gasteiger partial charge in [0.2, 0.25) is 0 Å². The summed E-state index contributed by atoms with van der Waals surface area (Å²) in [7, 11) is 1.58. The number of carboxylic acid groups (broad SMARTS) is 1. The number of carbonyl (C=O) groups is 1. The molecule has 0 aromatic heterocycles. The minimum atomic E-state index is -0.881. The fraction of sp³-hybridized carbons (Fsp3) is 0.462. The van der Waals surface area contributed by atoms with Gasteiger partial charge in [0.25, 0.3) is 0 Å². The molecule has 1 fully saturated rings. The number of hydrogen-bond acceptors (Lipinski definition) is 3. The van der Waals surface area contributed by atoms with E-state index < -0.39 is 6.09 Å². The molecule has 1 amide bonds. The molecule has 1 aliphatic heterocycles. The van der Waals surface area contributed by atoms with E-state index in [1.165, 1.54) is 4.90 Å². The summed E-state index contributed by atoms with van der Waals surface area (Å²) in [6, 6.07) is 5.41. The highest BCUT2D eigenvalue weighted by Crippen LogP contribution is 2.31. The van der Waals surface area contributed by atoms with E-state index in [4.69, 9.17) is 14.6 Å². The lowest BCUT2D eigenvalue weighted by atomic mass is 10.2. The lowest BCUT2D eigenvalue weighted by molar-refractivity contribution is 0.122. The van der Waals surface area contributed by atoms with Gasteiger partial charge in [-0.3, -0.25) is 0 Å². The zero-order valence-corrected chi connectivity index (χ0v) is 12.2. The molecule has 5 nitrogen and oxygen atoms in total. The fourth-order valence-electron chi connectivity index (χ4n) is 2.21. The van der Waals surface area contributed by atoms with Crippen LogP contribution in [0.3, 0.4) is 0 Å². The molecule has 19 heavy (non-hydrogen) atoms. The molecule has 1 aliphatic rings. The number of halogens is 1. The van der Waals surface area contributed by atoms with Gasteiger partial charge in [-0.1, -0.05) is 15.9 Å². The quantitative estimate of drug-likeness (QED) is 0.922. The van der Waals surface area contributed by atoms with Crippen molar-refractivity contribution in [2.45, 2.75) is 18.9 Å². The summed E-state index contributed by atoms with van der Waals surface area (Å²) >= 11 is 3.36. The molecular weight excluding hydrogens is 314 g/mol. The standard InChI is InChI=1S/C13H16BrNO4/c1-18-12-7-9(14)4-5-11(12)19-8-10-3-2-6-15(10)13(16)17/h4-5,7,10H,2-3,6,8H2,1H3,(H,16,17)/t10-/m1/s1. The van der Waals surface area contributed by atoms with Crippen molar-refractivity contribution >= 4 is 22.0 Å². The number of methoxy groups -OCH3 is 1. The van der Waals surface area contributed by atoms with Gasteiger partial charge < -0.3 is 19.5 Å². The fourth-order valence-corrected chi connectivity index (χ4v) is 2.55. The second-order valence-electron chi connectivity index (χ2n) is 4.38. The first-order valence-electron chi connectivity index (χ1n) is 6.07. The molecule has 1 atom stereocenters. The Morgan fingerprint density at radius 3 is 3.00 bits per heavy atom. The molecule has 0 bridgehead atoms. The van der Waals surface area contributed by atoms with Gasteiger partial charge in [0.15, 0.2) is 11.5 Å². The SMILES string of the molecule is COc1cc(Br)ccc1OC[C@H]1CCCN1C(=O)O. The first-order valence-corrected chi connectivity index (χ1v) is 6.87. The van der Waals surface area contributed by atoms with Crippen LogP contribution in [-0.2, 0) is 0 Å². The number of rotatable bonds is 4. The van der Waals surface area contributed by atoms with Crippen molar-refractivity contribution in [3.05, 3.63) is 22.7 Å². The van der Waals surface area contributed by atoms with E-state index in [1.807, 2.05) is 18.2 Å². The molecule has 0 aliphatic carbocycles. The molecule has 6 heteroatoms. The van der Waals surface area contributed by atoms with E-state index in [0.717, 1.165) is 17.3 Å². The summed E-state index contributed by atoms with van der Waals surface area (Å²) in [5, 5.41) is 9.06. The van der Waals surface area contributed by atoms with Gasteiger partial charge in [-0.25, -0.2) is 4.79 Å². The van der Waals surface area contributed by atoms with Gasteiger partial charge in [-0.05, 0) is 31.0 Å². The highest BCUT2D eigenvalue weighted by Gasteiger charge is 2.29. The van der Waals surface area contributed by atoms with Gasteiger partial charge >= 0.3 is 6.09 Å². The average Bonchev–Trinajstić information content (AvgIpc) is 2.85. The second kappa shape index (κ2) is 6.14. The van der Waals surface area contributed by atoms with Crippen molar-refractivity contribution in [2.75, 3.05) is 20.3 Å². The average molecular weight is 330 g/mol. The first-order chi connectivity index (χ1) is 9.11. The molecule has 1 aromatic rings. The third-order valence-electron chi connectivity index (χ3n) is 3.18. The lowest BCUT2D eigenvalue weighted by Crippen LogP contribution is -2.38. The van der Waals surface area contributed by atoms with Crippen LogP contribution < -0.4 is 9.47 Å². The third kappa shape index (κ3) is 3.32. The van der Waals surface area contributed by atoms with Crippen LogP contribution in [0.5, 0.6) is 11.5 Å². The molecule has 1 saturated heterocycles. The maximum Gasteiger partial charge on any atom is 0.407 e. The molecule has 104 valence electrons. The summed E-state index contributed by atoms with van der Waals surface area (Å²) in [6.45, 7) is 0.936. The van der Waals surface area contributed by atoms with Crippen LogP contribution >= 0.6 is 15.9 Å². The highest BCUT2D eigenvalue weighted by molar-refractivity contribution is 9.10. The third-order valence-corrected chi connectivity index (χ3v) is 3.67. The summed E-state index contributed by atoms with van der Waals surface area (Å²) in [5.41, 5.74) is 0. The zero-order chi connectivity index (χ0) is 13.8. The van der Waals surface area contributed by atoms with Crippen LogP contribution in [0.25, 0.3) is 0 Å². The number of nitrogens with zero attached hydrogens (tertiary/aromatic N) is 1. The summed E-state index contributed by atoms with van der Waals surface area (Å²) < 4.78 is 11.8. The van der Waals surface area contributed by atoms with Crippen LogP contribution in [0.2, 0.25) is 0 Å². The van der Waals surface area contributed by atoms with E-state index in [-0.39, 0.29) is 6.04 Å². The lowest BCUT2D eigenvalue weighted by Gasteiger charge is -2.22.